The summed E-state index contributed by atoms with van der Waals surface area (Å²) < 4.78 is 5.09. The lowest BCUT2D eigenvalue weighted by Gasteiger charge is -2.04. The molecular formula is C12H12N2O3. The lowest BCUT2D eigenvalue weighted by molar-refractivity contribution is -0.384. The van der Waals surface area contributed by atoms with Crippen LogP contribution in [0, 0.1) is 30.9 Å². The molecule has 0 N–H and O–H groups in total. The Bertz CT molecular complexity index is 568. The van der Waals surface area contributed by atoms with Crippen molar-refractivity contribution < 1.29 is 9.45 Å². The van der Waals surface area contributed by atoms with Crippen LogP contribution in [0.15, 0.2) is 22.7 Å². The Morgan fingerprint density at radius 3 is 2.53 bits per heavy atom. The predicted molar refractivity (Wildman–Crippen MR) is 62.8 cm³/mol. The molecule has 0 unspecified atom stereocenters. The van der Waals surface area contributed by atoms with Crippen LogP contribution in [0.5, 0.6) is 0 Å². The van der Waals surface area contributed by atoms with Crippen LogP contribution < -0.4 is 0 Å². The van der Waals surface area contributed by atoms with Crippen molar-refractivity contribution in [2.45, 2.75) is 20.8 Å². The molecule has 88 valence electrons. The van der Waals surface area contributed by atoms with Crippen molar-refractivity contribution in [2.24, 2.45) is 0 Å². The van der Waals surface area contributed by atoms with E-state index in [1.54, 1.807) is 19.1 Å². The highest BCUT2D eigenvalue weighted by Crippen LogP contribution is 2.32. The largest absolute Gasteiger partial charge is 0.361 e. The average molecular weight is 232 g/mol. The fraction of sp³-hybridized carbons (Fsp3) is 0.250. The van der Waals surface area contributed by atoms with Crippen LogP contribution in [0.3, 0.4) is 0 Å². The number of non-ortho nitro benzene ring substituents is 1. The molecule has 17 heavy (non-hydrogen) atoms. The molecule has 5 heteroatoms. The summed E-state index contributed by atoms with van der Waals surface area (Å²) in [7, 11) is 0. The molecule has 0 spiro atoms. The fourth-order valence-corrected chi connectivity index (χ4v) is 1.86. The molecule has 1 heterocycles. The van der Waals surface area contributed by atoms with Gasteiger partial charge in [0.2, 0.25) is 0 Å². The second-order valence-electron chi connectivity index (χ2n) is 3.96. The Balaban J connectivity index is 2.66. The van der Waals surface area contributed by atoms with Gasteiger partial charge in [0.15, 0.2) is 0 Å². The van der Waals surface area contributed by atoms with Crippen LogP contribution in [0.4, 0.5) is 5.69 Å². The molecule has 0 aliphatic heterocycles. The highest BCUT2D eigenvalue weighted by Gasteiger charge is 2.16. The molecule has 0 atom stereocenters. The zero-order chi connectivity index (χ0) is 12.6. The van der Waals surface area contributed by atoms with Crippen LogP contribution in [0.2, 0.25) is 0 Å². The number of aryl methyl sites for hydroxylation is 3. The maximum absolute atomic E-state index is 10.8. The second kappa shape index (κ2) is 4.01. The zero-order valence-corrected chi connectivity index (χ0v) is 9.85. The first kappa shape index (κ1) is 11.3. The van der Waals surface area contributed by atoms with Crippen molar-refractivity contribution in [3.05, 3.63) is 45.3 Å². The monoisotopic (exact) mass is 232 g/mol. The maximum atomic E-state index is 10.8. The van der Waals surface area contributed by atoms with Gasteiger partial charge in [-0.2, -0.15) is 0 Å². The Kier molecular flexibility index (Phi) is 2.67. The van der Waals surface area contributed by atoms with Crippen LogP contribution >= 0.6 is 0 Å². The Morgan fingerprint density at radius 2 is 2.00 bits per heavy atom. The van der Waals surface area contributed by atoms with Gasteiger partial charge in [0.05, 0.1) is 10.6 Å². The minimum absolute atomic E-state index is 0.0746. The van der Waals surface area contributed by atoms with Crippen molar-refractivity contribution in [3.63, 3.8) is 0 Å². The first-order chi connectivity index (χ1) is 8.00. The second-order valence-corrected chi connectivity index (χ2v) is 3.96. The van der Waals surface area contributed by atoms with Gasteiger partial charge < -0.3 is 4.52 Å². The van der Waals surface area contributed by atoms with E-state index in [4.69, 9.17) is 4.52 Å². The van der Waals surface area contributed by atoms with Crippen LogP contribution in [-0.4, -0.2) is 10.1 Å². The summed E-state index contributed by atoms with van der Waals surface area (Å²) in [5, 5.41) is 14.6. The molecule has 0 saturated carbocycles. The maximum Gasteiger partial charge on any atom is 0.270 e. The van der Waals surface area contributed by atoms with Crippen LogP contribution in [0.1, 0.15) is 17.0 Å². The molecule has 0 aliphatic carbocycles. The highest BCUT2D eigenvalue weighted by molar-refractivity contribution is 5.72. The third kappa shape index (κ3) is 1.91. The van der Waals surface area contributed by atoms with E-state index >= 15 is 0 Å². The Morgan fingerprint density at radius 1 is 1.29 bits per heavy atom. The van der Waals surface area contributed by atoms with E-state index in [2.05, 4.69) is 5.16 Å². The number of nitro groups is 1. The SMILES string of the molecule is Cc1ccc([N+](=O)[O-])cc1-c1c(C)noc1C. The molecule has 0 radical (unpaired) electrons. The Hall–Kier alpha value is -2.17. The number of rotatable bonds is 2. The van der Waals surface area contributed by atoms with Gasteiger partial charge in [-0.1, -0.05) is 11.2 Å². The van der Waals surface area contributed by atoms with E-state index in [9.17, 15) is 10.1 Å². The topological polar surface area (TPSA) is 69.2 Å². The summed E-state index contributed by atoms with van der Waals surface area (Å²) in [6.45, 7) is 5.53. The zero-order valence-electron chi connectivity index (χ0n) is 9.85. The van der Waals surface area contributed by atoms with E-state index in [1.807, 2.05) is 13.8 Å². The normalized spacial score (nSPS) is 10.5. The number of aromatic nitrogens is 1. The first-order valence-corrected chi connectivity index (χ1v) is 5.19. The standard InChI is InChI=1S/C12H12N2O3/c1-7-4-5-10(14(15)16)6-11(7)12-8(2)13-17-9(12)3/h4-6H,1-3H3. The molecule has 1 aromatic carbocycles. The van der Waals surface area contributed by atoms with Gasteiger partial charge in [-0.3, -0.25) is 10.1 Å². The Labute approximate surface area is 98.2 Å². The van der Waals surface area contributed by atoms with E-state index in [0.717, 1.165) is 22.4 Å². The minimum Gasteiger partial charge on any atom is -0.361 e. The summed E-state index contributed by atoms with van der Waals surface area (Å²) in [4.78, 5) is 10.4. The summed E-state index contributed by atoms with van der Waals surface area (Å²) in [6, 6.07) is 4.79. The van der Waals surface area contributed by atoms with Crippen molar-refractivity contribution >= 4 is 5.69 Å². The molecule has 2 aromatic rings. The lowest BCUT2D eigenvalue weighted by atomic mass is 9.99. The molecule has 0 bridgehead atoms. The lowest BCUT2D eigenvalue weighted by Crippen LogP contribution is -1.92. The van der Waals surface area contributed by atoms with Gasteiger partial charge >= 0.3 is 0 Å². The molecule has 0 aliphatic rings. The van der Waals surface area contributed by atoms with E-state index < -0.39 is 4.92 Å². The molecule has 0 amide bonds. The smallest absolute Gasteiger partial charge is 0.270 e. The number of benzene rings is 1. The number of nitro benzene ring substituents is 1. The van der Waals surface area contributed by atoms with Gasteiger partial charge in [0.1, 0.15) is 5.76 Å². The fourth-order valence-electron chi connectivity index (χ4n) is 1.86. The summed E-state index contributed by atoms with van der Waals surface area (Å²) in [6.07, 6.45) is 0. The molecule has 5 nitrogen and oxygen atoms in total. The number of hydrogen-bond donors (Lipinski definition) is 0. The van der Waals surface area contributed by atoms with Crippen molar-refractivity contribution in [1.29, 1.82) is 0 Å². The van der Waals surface area contributed by atoms with Crippen LogP contribution in [0.25, 0.3) is 11.1 Å². The summed E-state index contributed by atoms with van der Waals surface area (Å²) in [5.41, 5.74) is 3.42. The van der Waals surface area contributed by atoms with Crippen LogP contribution in [-0.2, 0) is 0 Å². The van der Waals surface area contributed by atoms with Gasteiger partial charge in [-0.25, -0.2) is 0 Å². The van der Waals surface area contributed by atoms with E-state index in [0.29, 0.717) is 5.76 Å². The number of hydrogen-bond acceptors (Lipinski definition) is 4. The average Bonchev–Trinajstić information content (AvgIpc) is 2.59. The summed E-state index contributed by atoms with van der Waals surface area (Å²) >= 11 is 0. The molecule has 0 saturated heterocycles. The van der Waals surface area contributed by atoms with Crippen molar-refractivity contribution in [1.82, 2.24) is 5.16 Å². The predicted octanol–water partition coefficient (Wildman–Crippen LogP) is 3.18. The number of nitrogens with zero attached hydrogens (tertiary/aromatic N) is 2. The van der Waals surface area contributed by atoms with Crippen molar-refractivity contribution in [2.75, 3.05) is 0 Å². The van der Waals surface area contributed by atoms with Gasteiger partial charge in [0.25, 0.3) is 5.69 Å². The molecule has 1 aromatic heterocycles. The molecule has 2 rings (SSSR count). The van der Waals surface area contributed by atoms with E-state index in [1.165, 1.54) is 6.07 Å². The molecule has 0 fully saturated rings. The van der Waals surface area contributed by atoms with Crippen molar-refractivity contribution in [3.8, 4) is 11.1 Å². The van der Waals surface area contributed by atoms with E-state index in [-0.39, 0.29) is 5.69 Å². The van der Waals surface area contributed by atoms with Gasteiger partial charge in [-0.15, -0.1) is 0 Å². The third-order valence-corrected chi connectivity index (χ3v) is 2.73. The minimum atomic E-state index is -0.402. The summed E-state index contributed by atoms with van der Waals surface area (Å²) in [5.74, 6) is 0.672. The molecular weight excluding hydrogens is 220 g/mol. The third-order valence-electron chi connectivity index (χ3n) is 2.73. The quantitative estimate of drug-likeness (QED) is 0.589. The first-order valence-electron chi connectivity index (χ1n) is 5.19. The van der Waals surface area contributed by atoms with Gasteiger partial charge in [0, 0.05) is 17.7 Å². The highest BCUT2D eigenvalue weighted by atomic mass is 16.6. The van der Waals surface area contributed by atoms with Gasteiger partial charge in [-0.05, 0) is 31.9 Å².